The number of phenols is 1. The van der Waals surface area contributed by atoms with E-state index >= 15 is 0 Å². The molecule has 0 amide bonds. The van der Waals surface area contributed by atoms with Crippen LogP contribution in [0.2, 0.25) is 0 Å². The van der Waals surface area contributed by atoms with Gasteiger partial charge in [-0.1, -0.05) is 6.07 Å². The summed E-state index contributed by atoms with van der Waals surface area (Å²) in [6.07, 6.45) is 5.63. The molecule has 162 valence electrons. The number of ether oxygens (including phenoxy) is 1. The zero-order valence-corrected chi connectivity index (χ0v) is 18.9. The number of hydrogen-bond acceptors (Lipinski definition) is 5. The van der Waals surface area contributed by atoms with Gasteiger partial charge in [-0.25, -0.2) is 4.79 Å². The Labute approximate surface area is 188 Å². The van der Waals surface area contributed by atoms with Crippen molar-refractivity contribution in [1.29, 1.82) is 0 Å². The molecular weight excluding hydrogens is 425 g/mol. The minimum absolute atomic E-state index is 0. The van der Waals surface area contributed by atoms with E-state index in [0.29, 0.717) is 30.3 Å². The Morgan fingerprint density at radius 1 is 1.30 bits per heavy atom. The van der Waals surface area contributed by atoms with Crippen molar-refractivity contribution in [3.63, 3.8) is 0 Å². The van der Waals surface area contributed by atoms with Crippen molar-refractivity contribution in [3.05, 3.63) is 47.9 Å². The van der Waals surface area contributed by atoms with Gasteiger partial charge in [-0.05, 0) is 52.1 Å². The number of hydrogen-bond donors (Lipinski definition) is 1. The molecule has 1 fully saturated rings. The molecule has 0 atom stereocenters. The van der Waals surface area contributed by atoms with Gasteiger partial charge >= 0.3 is 5.97 Å². The maximum Gasteiger partial charge on any atom is 0.340 e. The van der Waals surface area contributed by atoms with E-state index in [9.17, 15) is 9.90 Å². The third-order valence-corrected chi connectivity index (χ3v) is 5.05. The quantitative estimate of drug-likeness (QED) is 0.543. The largest absolute Gasteiger partial charge is 0.507 e. The molecule has 0 bridgehead atoms. The van der Waals surface area contributed by atoms with Crippen molar-refractivity contribution in [3.8, 4) is 16.9 Å². The van der Waals surface area contributed by atoms with E-state index in [1.165, 1.54) is 0 Å². The molecule has 2 heterocycles. The average Bonchev–Trinajstić information content (AvgIpc) is 3.44. The summed E-state index contributed by atoms with van der Waals surface area (Å²) in [6, 6.07) is 7.82. The first kappa shape index (κ1) is 24.0. The number of benzene rings is 1. The molecule has 1 N–H and O–H groups in total. The lowest BCUT2D eigenvalue weighted by Gasteiger charge is -2.15. The molecule has 1 aliphatic rings. The Hall–Kier alpha value is -2.28. The number of aromatic nitrogens is 2. The number of phenolic OH excluding ortho intramolecular Hbond substituents is 1. The second-order valence-electron chi connectivity index (χ2n) is 7.51. The molecule has 0 radical (unpaired) electrons. The Morgan fingerprint density at radius 3 is 2.60 bits per heavy atom. The van der Waals surface area contributed by atoms with Crippen LogP contribution in [0.1, 0.15) is 41.9 Å². The first-order valence-corrected chi connectivity index (χ1v) is 9.63. The van der Waals surface area contributed by atoms with Crippen LogP contribution in [0.25, 0.3) is 22.0 Å². The summed E-state index contributed by atoms with van der Waals surface area (Å²) < 4.78 is 7.63. The van der Waals surface area contributed by atoms with Gasteiger partial charge in [0.05, 0.1) is 17.7 Å². The SMILES string of the molecule is CCOC(=O)c1c(CN(C)C)n(C2CC2)c2cc(-c3cccnc3)c(O)cc12.Cl.Cl. The lowest BCUT2D eigenvalue weighted by molar-refractivity contribution is 0.0526. The number of carbonyl (C=O) groups is 1. The van der Waals surface area contributed by atoms with E-state index in [1.54, 1.807) is 18.5 Å². The molecular formula is C22H27Cl2N3O3. The summed E-state index contributed by atoms with van der Waals surface area (Å²) >= 11 is 0. The van der Waals surface area contributed by atoms with Gasteiger partial charge in [-0.15, -0.1) is 24.8 Å². The zero-order valence-electron chi connectivity index (χ0n) is 17.3. The van der Waals surface area contributed by atoms with E-state index in [0.717, 1.165) is 35.0 Å². The average molecular weight is 452 g/mol. The second-order valence-corrected chi connectivity index (χ2v) is 7.51. The molecule has 8 heteroatoms. The van der Waals surface area contributed by atoms with Crippen molar-refractivity contribution >= 4 is 41.7 Å². The van der Waals surface area contributed by atoms with Crippen molar-refractivity contribution in [2.75, 3.05) is 20.7 Å². The second kappa shape index (κ2) is 9.69. The van der Waals surface area contributed by atoms with Crippen molar-refractivity contribution in [2.24, 2.45) is 0 Å². The Morgan fingerprint density at radius 2 is 2.03 bits per heavy atom. The molecule has 0 saturated heterocycles. The van der Waals surface area contributed by atoms with Crippen LogP contribution < -0.4 is 0 Å². The summed E-state index contributed by atoms with van der Waals surface area (Å²) in [4.78, 5) is 19.1. The van der Waals surface area contributed by atoms with Crippen molar-refractivity contribution in [1.82, 2.24) is 14.5 Å². The topological polar surface area (TPSA) is 67.6 Å². The summed E-state index contributed by atoms with van der Waals surface area (Å²) in [5, 5.41) is 11.5. The number of halogens is 2. The minimum atomic E-state index is -0.336. The van der Waals surface area contributed by atoms with Gasteiger partial charge in [0.1, 0.15) is 5.75 Å². The lowest BCUT2D eigenvalue weighted by Crippen LogP contribution is -2.18. The molecule has 2 aromatic heterocycles. The van der Waals surface area contributed by atoms with Gasteiger partial charge < -0.3 is 19.3 Å². The molecule has 0 aliphatic heterocycles. The fraction of sp³-hybridized carbons (Fsp3) is 0.364. The van der Waals surface area contributed by atoms with E-state index < -0.39 is 0 Å². The molecule has 0 spiro atoms. The third-order valence-electron chi connectivity index (χ3n) is 5.05. The van der Waals surface area contributed by atoms with Crippen LogP contribution in [0.4, 0.5) is 0 Å². The number of pyridine rings is 1. The number of rotatable bonds is 6. The number of nitrogens with zero attached hydrogens (tertiary/aromatic N) is 3. The first-order valence-electron chi connectivity index (χ1n) is 9.63. The predicted octanol–water partition coefficient (Wildman–Crippen LogP) is 4.83. The number of carbonyl (C=O) groups excluding carboxylic acids is 1. The summed E-state index contributed by atoms with van der Waals surface area (Å²) in [7, 11) is 3.98. The highest BCUT2D eigenvalue weighted by molar-refractivity contribution is 6.07. The molecule has 6 nitrogen and oxygen atoms in total. The van der Waals surface area contributed by atoms with Gasteiger partial charge in [0.2, 0.25) is 0 Å². The van der Waals surface area contributed by atoms with Crippen molar-refractivity contribution in [2.45, 2.75) is 32.4 Å². The highest BCUT2D eigenvalue weighted by Crippen LogP contribution is 2.44. The van der Waals surface area contributed by atoms with Gasteiger partial charge in [0, 0.05) is 47.2 Å². The number of fused-ring (bicyclic) bond motifs is 1. The fourth-order valence-electron chi connectivity index (χ4n) is 3.79. The highest BCUT2D eigenvalue weighted by Gasteiger charge is 2.33. The Bertz CT molecular complexity index is 1030. The molecule has 4 rings (SSSR count). The molecule has 30 heavy (non-hydrogen) atoms. The number of esters is 1. The maximum absolute atomic E-state index is 12.8. The normalized spacial score (nSPS) is 13.1. The van der Waals surface area contributed by atoms with Gasteiger partial charge in [-0.2, -0.15) is 0 Å². The minimum Gasteiger partial charge on any atom is -0.507 e. The molecule has 0 unspecified atom stereocenters. The third kappa shape index (κ3) is 4.41. The van der Waals surface area contributed by atoms with E-state index in [1.807, 2.05) is 39.2 Å². The fourth-order valence-corrected chi connectivity index (χ4v) is 3.79. The summed E-state index contributed by atoms with van der Waals surface area (Å²) in [6.45, 7) is 2.75. The van der Waals surface area contributed by atoms with E-state index in [-0.39, 0.29) is 36.5 Å². The smallest absolute Gasteiger partial charge is 0.340 e. The van der Waals surface area contributed by atoms with Crippen LogP contribution in [-0.2, 0) is 11.3 Å². The monoisotopic (exact) mass is 451 g/mol. The Kier molecular flexibility index (Phi) is 7.75. The van der Waals surface area contributed by atoms with Crippen LogP contribution in [0, 0.1) is 0 Å². The van der Waals surface area contributed by atoms with Crippen LogP contribution in [-0.4, -0.2) is 46.2 Å². The first-order chi connectivity index (χ1) is 13.5. The van der Waals surface area contributed by atoms with Crippen LogP contribution in [0.5, 0.6) is 5.75 Å². The molecule has 1 saturated carbocycles. The number of aromatic hydroxyl groups is 1. The zero-order chi connectivity index (χ0) is 19.8. The Balaban J connectivity index is 0.00000160. The summed E-state index contributed by atoms with van der Waals surface area (Å²) in [5.74, 6) is -0.201. The molecule has 1 aromatic carbocycles. The molecule has 3 aromatic rings. The van der Waals surface area contributed by atoms with E-state index in [2.05, 4.69) is 14.5 Å². The van der Waals surface area contributed by atoms with Crippen LogP contribution in [0.15, 0.2) is 36.7 Å². The maximum atomic E-state index is 12.8. The molecule has 1 aliphatic carbocycles. The standard InChI is InChI=1S/C22H25N3O3.2ClH/c1-4-28-22(27)21-17-11-20(26)16(14-6-5-9-23-12-14)10-18(17)25(15-7-8-15)19(21)13-24(2)3;;/h5-6,9-12,15,26H,4,7-8,13H2,1-3H3;2*1H. The van der Waals surface area contributed by atoms with Crippen molar-refractivity contribution < 1.29 is 14.6 Å². The van der Waals surface area contributed by atoms with E-state index in [4.69, 9.17) is 4.74 Å². The summed E-state index contributed by atoms with van der Waals surface area (Å²) in [5.41, 5.74) is 4.03. The lowest BCUT2D eigenvalue weighted by atomic mass is 10.0. The van der Waals surface area contributed by atoms with Crippen LogP contribution in [0.3, 0.4) is 0 Å². The van der Waals surface area contributed by atoms with Gasteiger partial charge in [0.15, 0.2) is 0 Å². The predicted molar refractivity (Wildman–Crippen MR) is 123 cm³/mol. The highest BCUT2D eigenvalue weighted by atomic mass is 35.5. The van der Waals surface area contributed by atoms with Gasteiger partial charge in [0.25, 0.3) is 0 Å². The van der Waals surface area contributed by atoms with Gasteiger partial charge in [-0.3, -0.25) is 4.98 Å². The van der Waals surface area contributed by atoms with Crippen LogP contribution >= 0.6 is 24.8 Å².